The molecule has 1 fully saturated rings. The van der Waals surface area contributed by atoms with Gasteiger partial charge in [0.2, 0.25) is 0 Å². The van der Waals surface area contributed by atoms with Crippen LogP contribution in [0.4, 0.5) is 0 Å². The second-order valence-corrected chi connectivity index (χ2v) is 7.31. The van der Waals surface area contributed by atoms with E-state index in [-0.39, 0.29) is 24.0 Å². The van der Waals surface area contributed by atoms with Crippen LogP contribution in [0.3, 0.4) is 0 Å². The van der Waals surface area contributed by atoms with Crippen molar-refractivity contribution in [3.63, 3.8) is 0 Å². The van der Waals surface area contributed by atoms with E-state index in [0.29, 0.717) is 12.0 Å². The Bertz CT molecular complexity index is 544. The maximum absolute atomic E-state index is 4.47. The molecule has 2 rings (SSSR count). The number of guanidine groups is 1. The molecule has 1 heterocycles. The Morgan fingerprint density at radius 2 is 2.08 bits per heavy atom. The molecule has 1 aromatic rings. The average Bonchev–Trinajstić information content (AvgIpc) is 2.57. The van der Waals surface area contributed by atoms with E-state index >= 15 is 0 Å². The Kier molecular flexibility index (Phi) is 9.79. The fraction of sp³-hybridized carbons (Fsp3) is 0.650. The zero-order chi connectivity index (χ0) is 17.5. The first-order valence-electron chi connectivity index (χ1n) is 9.21. The molecule has 1 aliphatic heterocycles. The van der Waals surface area contributed by atoms with Gasteiger partial charge in [-0.3, -0.25) is 4.99 Å². The molecule has 142 valence electrons. The standard InChI is InChI=1S/C20H34N4.HI/c1-16(2)24-12-8-10-18(14-24)13-22-20(21-4)23(5)15-19-11-7-6-9-17(19)3;/h6-7,9,11,16,18H,8,10,12-15H2,1-5H3,(H,21,22);1H. The van der Waals surface area contributed by atoms with Gasteiger partial charge in [0.15, 0.2) is 5.96 Å². The van der Waals surface area contributed by atoms with Crippen molar-refractivity contribution in [2.45, 2.75) is 46.2 Å². The minimum atomic E-state index is 0. The first-order valence-corrected chi connectivity index (χ1v) is 9.21. The van der Waals surface area contributed by atoms with Crippen molar-refractivity contribution in [2.24, 2.45) is 10.9 Å². The number of aliphatic imine (C=N–C) groups is 1. The van der Waals surface area contributed by atoms with Crippen LogP contribution in [0, 0.1) is 12.8 Å². The van der Waals surface area contributed by atoms with Gasteiger partial charge in [-0.15, -0.1) is 24.0 Å². The summed E-state index contributed by atoms with van der Waals surface area (Å²) in [5.41, 5.74) is 2.69. The van der Waals surface area contributed by atoms with Gasteiger partial charge in [0.1, 0.15) is 0 Å². The highest BCUT2D eigenvalue weighted by Crippen LogP contribution is 2.18. The van der Waals surface area contributed by atoms with Gasteiger partial charge in [0.05, 0.1) is 0 Å². The van der Waals surface area contributed by atoms with E-state index in [1.54, 1.807) is 0 Å². The number of aryl methyl sites for hydroxylation is 1. The van der Waals surface area contributed by atoms with Crippen molar-refractivity contribution in [1.82, 2.24) is 15.1 Å². The molecule has 5 heteroatoms. The molecular formula is C20H35IN4. The first kappa shape index (κ1) is 22.2. The summed E-state index contributed by atoms with van der Waals surface area (Å²) >= 11 is 0. The molecule has 1 saturated heterocycles. The van der Waals surface area contributed by atoms with E-state index in [0.717, 1.165) is 19.0 Å². The maximum atomic E-state index is 4.47. The molecule has 1 aromatic carbocycles. The van der Waals surface area contributed by atoms with Gasteiger partial charge in [-0.25, -0.2) is 0 Å². The van der Waals surface area contributed by atoms with Crippen LogP contribution in [0.5, 0.6) is 0 Å². The van der Waals surface area contributed by atoms with E-state index in [4.69, 9.17) is 0 Å². The van der Waals surface area contributed by atoms with Gasteiger partial charge in [-0.1, -0.05) is 24.3 Å². The number of benzene rings is 1. The molecule has 1 aliphatic rings. The van der Waals surface area contributed by atoms with E-state index in [1.165, 1.54) is 37.1 Å². The van der Waals surface area contributed by atoms with Gasteiger partial charge < -0.3 is 15.1 Å². The predicted molar refractivity (Wildman–Crippen MR) is 119 cm³/mol. The second-order valence-electron chi connectivity index (χ2n) is 7.31. The number of halogens is 1. The average molecular weight is 458 g/mol. The third-order valence-electron chi connectivity index (χ3n) is 5.07. The lowest BCUT2D eigenvalue weighted by Crippen LogP contribution is -2.46. The fourth-order valence-corrected chi connectivity index (χ4v) is 3.47. The number of likely N-dealkylation sites (tertiary alicyclic amines) is 1. The largest absolute Gasteiger partial charge is 0.356 e. The van der Waals surface area contributed by atoms with Gasteiger partial charge in [0.25, 0.3) is 0 Å². The maximum Gasteiger partial charge on any atom is 0.193 e. The summed E-state index contributed by atoms with van der Waals surface area (Å²) in [5, 5.41) is 3.59. The van der Waals surface area contributed by atoms with Crippen LogP contribution in [0.15, 0.2) is 29.3 Å². The fourth-order valence-electron chi connectivity index (χ4n) is 3.47. The summed E-state index contributed by atoms with van der Waals surface area (Å²) in [4.78, 5) is 9.28. The minimum Gasteiger partial charge on any atom is -0.356 e. The molecule has 1 unspecified atom stereocenters. The molecule has 0 aliphatic carbocycles. The normalized spacial score (nSPS) is 18.8. The minimum absolute atomic E-state index is 0. The number of nitrogens with zero attached hydrogens (tertiary/aromatic N) is 3. The molecule has 0 aromatic heterocycles. The van der Waals surface area contributed by atoms with Crippen LogP contribution in [-0.4, -0.2) is 55.5 Å². The van der Waals surface area contributed by atoms with Gasteiger partial charge in [-0.2, -0.15) is 0 Å². The van der Waals surface area contributed by atoms with Crippen molar-refractivity contribution < 1.29 is 0 Å². The summed E-state index contributed by atoms with van der Waals surface area (Å²) in [6, 6.07) is 9.21. The van der Waals surface area contributed by atoms with Crippen LogP contribution in [0.2, 0.25) is 0 Å². The zero-order valence-corrected chi connectivity index (χ0v) is 18.8. The highest BCUT2D eigenvalue weighted by atomic mass is 127. The smallest absolute Gasteiger partial charge is 0.193 e. The van der Waals surface area contributed by atoms with Crippen LogP contribution in [0.1, 0.15) is 37.8 Å². The number of nitrogens with one attached hydrogen (secondary N) is 1. The SMILES string of the molecule is CN=C(NCC1CCCN(C(C)C)C1)N(C)Cc1ccccc1C.I. The molecule has 0 saturated carbocycles. The monoisotopic (exact) mass is 458 g/mol. The highest BCUT2D eigenvalue weighted by Gasteiger charge is 2.22. The summed E-state index contributed by atoms with van der Waals surface area (Å²) in [7, 11) is 3.99. The van der Waals surface area contributed by atoms with Gasteiger partial charge in [-0.05, 0) is 57.2 Å². The Balaban J connectivity index is 0.00000312. The van der Waals surface area contributed by atoms with Crippen molar-refractivity contribution in [1.29, 1.82) is 0 Å². The Morgan fingerprint density at radius 1 is 1.36 bits per heavy atom. The number of piperidine rings is 1. The summed E-state index contributed by atoms with van der Waals surface area (Å²) in [6.07, 6.45) is 2.62. The molecule has 0 bridgehead atoms. The van der Waals surface area contributed by atoms with Gasteiger partial charge >= 0.3 is 0 Å². The molecule has 0 radical (unpaired) electrons. The molecule has 1 N–H and O–H groups in total. The van der Waals surface area contributed by atoms with Crippen LogP contribution in [0.25, 0.3) is 0 Å². The Morgan fingerprint density at radius 3 is 2.72 bits per heavy atom. The third-order valence-corrected chi connectivity index (χ3v) is 5.07. The Hall–Kier alpha value is -0.820. The number of hydrogen-bond donors (Lipinski definition) is 1. The van der Waals surface area contributed by atoms with E-state index in [9.17, 15) is 0 Å². The molecular weight excluding hydrogens is 423 g/mol. The lowest BCUT2D eigenvalue weighted by Gasteiger charge is -2.36. The van der Waals surface area contributed by atoms with Crippen molar-refractivity contribution in [3.8, 4) is 0 Å². The number of hydrogen-bond acceptors (Lipinski definition) is 2. The van der Waals surface area contributed by atoms with Crippen LogP contribution < -0.4 is 5.32 Å². The first-order chi connectivity index (χ1) is 11.5. The third kappa shape index (κ3) is 6.77. The molecule has 4 nitrogen and oxygen atoms in total. The Labute approximate surface area is 171 Å². The zero-order valence-electron chi connectivity index (χ0n) is 16.5. The van der Waals surface area contributed by atoms with Gasteiger partial charge in [0, 0.05) is 39.8 Å². The summed E-state index contributed by atoms with van der Waals surface area (Å²) in [5.74, 6) is 1.70. The van der Waals surface area contributed by atoms with Crippen molar-refractivity contribution >= 4 is 29.9 Å². The van der Waals surface area contributed by atoms with E-state index < -0.39 is 0 Å². The molecule has 25 heavy (non-hydrogen) atoms. The molecule has 0 spiro atoms. The molecule has 1 atom stereocenters. The quantitative estimate of drug-likeness (QED) is 0.415. The lowest BCUT2D eigenvalue weighted by atomic mass is 9.97. The molecule has 0 amide bonds. The summed E-state index contributed by atoms with van der Waals surface area (Å²) in [6.45, 7) is 11.1. The van der Waals surface area contributed by atoms with Crippen LogP contribution >= 0.6 is 24.0 Å². The lowest BCUT2D eigenvalue weighted by molar-refractivity contribution is 0.140. The summed E-state index contributed by atoms with van der Waals surface area (Å²) < 4.78 is 0. The van der Waals surface area contributed by atoms with E-state index in [1.807, 2.05) is 7.05 Å². The topological polar surface area (TPSA) is 30.9 Å². The second kappa shape index (κ2) is 11.0. The van der Waals surface area contributed by atoms with Crippen LogP contribution in [-0.2, 0) is 6.54 Å². The number of rotatable bonds is 5. The van der Waals surface area contributed by atoms with Crippen molar-refractivity contribution in [2.75, 3.05) is 33.7 Å². The highest BCUT2D eigenvalue weighted by molar-refractivity contribution is 14.0. The van der Waals surface area contributed by atoms with E-state index in [2.05, 4.69) is 72.2 Å². The van der Waals surface area contributed by atoms with Crippen molar-refractivity contribution in [3.05, 3.63) is 35.4 Å². The predicted octanol–water partition coefficient (Wildman–Crippen LogP) is 3.74.